The normalized spacial score (nSPS) is 12.6. The van der Waals surface area contributed by atoms with Gasteiger partial charge in [-0.25, -0.2) is 4.79 Å². The summed E-state index contributed by atoms with van der Waals surface area (Å²) in [4.78, 5) is 23.0. The van der Waals surface area contributed by atoms with Gasteiger partial charge in [-0.05, 0) is 38.3 Å². The van der Waals surface area contributed by atoms with Crippen molar-refractivity contribution in [1.29, 1.82) is 0 Å². The number of hydrogen-bond acceptors (Lipinski definition) is 3. The molecule has 2 N–H and O–H groups in total. The van der Waals surface area contributed by atoms with Crippen molar-refractivity contribution in [2.24, 2.45) is 0 Å². The van der Waals surface area contributed by atoms with E-state index in [4.69, 9.17) is 4.74 Å². The molecule has 0 saturated heterocycles. The molecule has 0 aliphatic rings. The SMILES string of the molecule is CCc1ccc(C(CNC(=O)OC(C)(C)C)C(=O)O)cc1. The molecule has 1 rings (SSSR count). The smallest absolute Gasteiger partial charge is 0.407 e. The van der Waals surface area contributed by atoms with Gasteiger partial charge in [0.2, 0.25) is 0 Å². The molecule has 0 radical (unpaired) electrons. The first-order valence-corrected chi connectivity index (χ1v) is 7.01. The van der Waals surface area contributed by atoms with Crippen molar-refractivity contribution in [1.82, 2.24) is 5.32 Å². The second-order valence-corrected chi connectivity index (χ2v) is 5.87. The molecule has 1 unspecified atom stereocenters. The molecular formula is C16H23NO4. The molecular weight excluding hydrogens is 270 g/mol. The Morgan fingerprint density at radius 1 is 1.24 bits per heavy atom. The number of amides is 1. The van der Waals surface area contributed by atoms with Gasteiger partial charge in [0.05, 0.1) is 5.92 Å². The first-order chi connectivity index (χ1) is 9.73. The molecule has 0 aliphatic carbocycles. The van der Waals surface area contributed by atoms with Gasteiger partial charge in [-0.2, -0.15) is 0 Å². The van der Waals surface area contributed by atoms with E-state index in [0.29, 0.717) is 5.56 Å². The van der Waals surface area contributed by atoms with Crippen LogP contribution in [-0.4, -0.2) is 29.3 Å². The second kappa shape index (κ2) is 7.11. The number of aliphatic carboxylic acids is 1. The molecule has 0 heterocycles. The number of rotatable bonds is 5. The zero-order chi connectivity index (χ0) is 16.0. The molecule has 116 valence electrons. The maximum Gasteiger partial charge on any atom is 0.407 e. The Morgan fingerprint density at radius 3 is 2.24 bits per heavy atom. The molecule has 0 fully saturated rings. The fourth-order valence-electron chi connectivity index (χ4n) is 1.83. The van der Waals surface area contributed by atoms with Gasteiger partial charge in [0.1, 0.15) is 5.60 Å². The third-order valence-electron chi connectivity index (χ3n) is 2.94. The average Bonchev–Trinajstić information content (AvgIpc) is 2.37. The van der Waals surface area contributed by atoms with Gasteiger partial charge in [-0.15, -0.1) is 0 Å². The zero-order valence-corrected chi connectivity index (χ0v) is 13.0. The number of aryl methyl sites for hydroxylation is 1. The van der Waals surface area contributed by atoms with E-state index in [0.717, 1.165) is 12.0 Å². The molecule has 5 heteroatoms. The van der Waals surface area contributed by atoms with Crippen molar-refractivity contribution in [3.8, 4) is 0 Å². The van der Waals surface area contributed by atoms with Crippen LogP contribution in [0.3, 0.4) is 0 Å². The molecule has 1 amide bonds. The molecule has 1 atom stereocenters. The summed E-state index contributed by atoms with van der Waals surface area (Å²) in [6.45, 7) is 7.30. The van der Waals surface area contributed by atoms with E-state index < -0.39 is 23.6 Å². The van der Waals surface area contributed by atoms with Gasteiger partial charge >= 0.3 is 12.1 Å². The Hall–Kier alpha value is -2.04. The Morgan fingerprint density at radius 2 is 1.81 bits per heavy atom. The van der Waals surface area contributed by atoms with Crippen LogP contribution in [0.1, 0.15) is 44.7 Å². The van der Waals surface area contributed by atoms with Gasteiger partial charge < -0.3 is 15.2 Å². The molecule has 0 spiro atoms. The van der Waals surface area contributed by atoms with Crippen molar-refractivity contribution in [2.75, 3.05) is 6.54 Å². The van der Waals surface area contributed by atoms with E-state index in [2.05, 4.69) is 5.32 Å². The lowest BCUT2D eigenvalue weighted by Gasteiger charge is -2.21. The molecule has 5 nitrogen and oxygen atoms in total. The third-order valence-corrected chi connectivity index (χ3v) is 2.94. The van der Waals surface area contributed by atoms with Crippen molar-refractivity contribution in [3.63, 3.8) is 0 Å². The fraction of sp³-hybridized carbons (Fsp3) is 0.500. The van der Waals surface area contributed by atoms with Crippen molar-refractivity contribution < 1.29 is 19.4 Å². The molecule has 0 aromatic heterocycles. The highest BCUT2D eigenvalue weighted by Crippen LogP contribution is 2.17. The minimum absolute atomic E-state index is 0.00425. The summed E-state index contributed by atoms with van der Waals surface area (Å²) in [5, 5.41) is 11.8. The number of carboxylic acids is 1. The number of alkyl carbamates (subject to hydrolysis) is 1. The fourth-order valence-corrected chi connectivity index (χ4v) is 1.83. The Kier molecular flexibility index (Phi) is 5.76. The first-order valence-electron chi connectivity index (χ1n) is 7.01. The van der Waals surface area contributed by atoms with Crippen LogP contribution in [0.2, 0.25) is 0 Å². The van der Waals surface area contributed by atoms with E-state index in [-0.39, 0.29) is 6.54 Å². The molecule has 1 aromatic rings. The first kappa shape index (κ1) is 17.0. The topological polar surface area (TPSA) is 75.6 Å². The number of carbonyl (C=O) groups excluding carboxylic acids is 1. The maximum atomic E-state index is 11.6. The second-order valence-electron chi connectivity index (χ2n) is 5.87. The number of carboxylic acid groups (broad SMARTS) is 1. The lowest BCUT2D eigenvalue weighted by atomic mass is 9.97. The maximum absolute atomic E-state index is 11.6. The average molecular weight is 293 g/mol. The minimum atomic E-state index is -0.977. The molecule has 0 bridgehead atoms. The predicted molar refractivity (Wildman–Crippen MR) is 80.4 cm³/mol. The highest BCUT2D eigenvalue weighted by atomic mass is 16.6. The third kappa shape index (κ3) is 5.85. The minimum Gasteiger partial charge on any atom is -0.481 e. The standard InChI is InChI=1S/C16H23NO4/c1-5-11-6-8-12(9-7-11)13(14(18)19)10-17-15(20)21-16(2,3)4/h6-9,13H,5,10H2,1-4H3,(H,17,20)(H,18,19). The highest BCUT2D eigenvalue weighted by Gasteiger charge is 2.22. The summed E-state index contributed by atoms with van der Waals surface area (Å²) in [5.74, 6) is -1.77. The summed E-state index contributed by atoms with van der Waals surface area (Å²) in [7, 11) is 0. The van der Waals surface area contributed by atoms with Crippen LogP contribution in [0.15, 0.2) is 24.3 Å². The summed E-state index contributed by atoms with van der Waals surface area (Å²) in [5.41, 5.74) is 1.20. The molecule has 0 aliphatic heterocycles. The summed E-state index contributed by atoms with van der Waals surface area (Å²) >= 11 is 0. The van der Waals surface area contributed by atoms with E-state index >= 15 is 0 Å². The van der Waals surface area contributed by atoms with Crippen LogP contribution >= 0.6 is 0 Å². The lowest BCUT2D eigenvalue weighted by molar-refractivity contribution is -0.138. The van der Waals surface area contributed by atoms with Crippen LogP contribution in [-0.2, 0) is 16.0 Å². The molecule has 0 saturated carbocycles. The number of nitrogens with one attached hydrogen (secondary N) is 1. The van der Waals surface area contributed by atoms with E-state index in [9.17, 15) is 14.7 Å². The summed E-state index contributed by atoms with van der Waals surface area (Å²) < 4.78 is 5.10. The summed E-state index contributed by atoms with van der Waals surface area (Å²) in [6, 6.07) is 7.38. The number of carbonyl (C=O) groups is 2. The largest absolute Gasteiger partial charge is 0.481 e. The van der Waals surface area contributed by atoms with Crippen LogP contribution in [0.25, 0.3) is 0 Å². The van der Waals surface area contributed by atoms with Gasteiger partial charge in [0.15, 0.2) is 0 Å². The van der Waals surface area contributed by atoms with Gasteiger partial charge in [-0.1, -0.05) is 31.2 Å². The van der Waals surface area contributed by atoms with Crippen LogP contribution < -0.4 is 5.32 Å². The molecule has 21 heavy (non-hydrogen) atoms. The van der Waals surface area contributed by atoms with Crippen molar-refractivity contribution >= 4 is 12.1 Å². The van der Waals surface area contributed by atoms with Crippen LogP contribution in [0.5, 0.6) is 0 Å². The lowest BCUT2D eigenvalue weighted by Crippen LogP contribution is -2.36. The van der Waals surface area contributed by atoms with E-state index in [1.54, 1.807) is 32.9 Å². The van der Waals surface area contributed by atoms with E-state index in [1.807, 2.05) is 19.1 Å². The van der Waals surface area contributed by atoms with Crippen LogP contribution in [0.4, 0.5) is 4.79 Å². The van der Waals surface area contributed by atoms with Gasteiger partial charge in [-0.3, -0.25) is 4.79 Å². The Balaban J connectivity index is 2.70. The zero-order valence-electron chi connectivity index (χ0n) is 13.0. The van der Waals surface area contributed by atoms with Crippen LogP contribution in [0, 0.1) is 0 Å². The quantitative estimate of drug-likeness (QED) is 0.875. The summed E-state index contributed by atoms with van der Waals surface area (Å²) in [6.07, 6.45) is 0.285. The van der Waals surface area contributed by atoms with Gasteiger partial charge in [0.25, 0.3) is 0 Å². The molecule has 1 aromatic carbocycles. The van der Waals surface area contributed by atoms with Gasteiger partial charge in [0, 0.05) is 6.54 Å². The number of benzene rings is 1. The predicted octanol–water partition coefficient (Wildman–Crippen LogP) is 2.94. The van der Waals surface area contributed by atoms with E-state index in [1.165, 1.54) is 0 Å². The highest BCUT2D eigenvalue weighted by molar-refractivity contribution is 5.77. The Bertz CT molecular complexity index is 488. The number of ether oxygens (including phenoxy) is 1. The van der Waals surface area contributed by atoms with Crippen molar-refractivity contribution in [2.45, 2.75) is 45.6 Å². The monoisotopic (exact) mass is 293 g/mol. The Labute approximate surface area is 125 Å². The van der Waals surface area contributed by atoms with Crippen molar-refractivity contribution in [3.05, 3.63) is 35.4 Å². The number of hydrogen-bond donors (Lipinski definition) is 2.